The average Bonchev–Trinajstić information content (AvgIpc) is 2.04. The van der Waals surface area contributed by atoms with Crippen LogP contribution < -0.4 is 5.73 Å². The Morgan fingerprint density at radius 1 is 1.30 bits per heavy atom. The zero-order chi connectivity index (χ0) is 7.40. The molecule has 1 heterocycles. The zero-order valence-electron chi connectivity index (χ0n) is 6.04. The first-order valence-corrected chi connectivity index (χ1v) is 3.37. The van der Waals surface area contributed by atoms with E-state index in [0.717, 1.165) is 12.0 Å². The quantitative estimate of drug-likeness (QED) is 0.645. The highest BCUT2D eigenvalue weighted by Gasteiger charge is 1.96. The summed E-state index contributed by atoms with van der Waals surface area (Å²) in [6.07, 6.45) is 4.46. The molecule has 0 unspecified atom stereocenters. The highest BCUT2D eigenvalue weighted by molar-refractivity contribution is 5.19. The van der Waals surface area contributed by atoms with Crippen molar-refractivity contribution < 1.29 is 0 Å². The third-order valence-corrected chi connectivity index (χ3v) is 1.51. The third kappa shape index (κ3) is 1.30. The smallest absolute Gasteiger partial charge is 0.0543 e. The van der Waals surface area contributed by atoms with E-state index in [9.17, 15) is 0 Å². The van der Waals surface area contributed by atoms with Gasteiger partial charge in [0.2, 0.25) is 0 Å². The van der Waals surface area contributed by atoms with Gasteiger partial charge in [0.25, 0.3) is 0 Å². The molecule has 10 heavy (non-hydrogen) atoms. The Kier molecular flexibility index (Phi) is 2.34. The van der Waals surface area contributed by atoms with Crippen LogP contribution in [-0.4, -0.2) is 10.2 Å². The summed E-state index contributed by atoms with van der Waals surface area (Å²) in [7, 11) is 0. The molecule has 0 aromatic carbocycles. The average molecular weight is 137 g/mol. The summed E-state index contributed by atoms with van der Waals surface area (Å²) < 4.78 is 0. The molecule has 1 aromatic heterocycles. The van der Waals surface area contributed by atoms with E-state index in [1.54, 1.807) is 12.4 Å². The summed E-state index contributed by atoms with van der Waals surface area (Å²) in [6, 6.07) is 0. The van der Waals surface area contributed by atoms with Gasteiger partial charge in [-0.2, -0.15) is 10.2 Å². The molecule has 0 radical (unpaired) electrons. The molecule has 54 valence electrons. The maximum Gasteiger partial charge on any atom is 0.0543 e. The molecule has 0 saturated heterocycles. The molecule has 0 fully saturated rings. The van der Waals surface area contributed by atoms with Crippen LogP contribution in [-0.2, 0) is 13.0 Å². The Labute approximate surface area is 60.3 Å². The van der Waals surface area contributed by atoms with Gasteiger partial charge in [-0.15, -0.1) is 0 Å². The molecule has 0 aliphatic rings. The van der Waals surface area contributed by atoms with E-state index < -0.39 is 0 Å². The summed E-state index contributed by atoms with van der Waals surface area (Å²) in [5.74, 6) is 0. The molecular weight excluding hydrogens is 126 g/mol. The monoisotopic (exact) mass is 137 g/mol. The number of hydrogen-bond donors (Lipinski definition) is 1. The van der Waals surface area contributed by atoms with Gasteiger partial charge in [-0.25, -0.2) is 0 Å². The van der Waals surface area contributed by atoms with Gasteiger partial charge in [0.1, 0.15) is 0 Å². The molecule has 0 aliphatic heterocycles. The Bertz CT molecular complexity index is 187. The van der Waals surface area contributed by atoms with Crippen molar-refractivity contribution in [3.8, 4) is 0 Å². The van der Waals surface area contributed by atoms with Crippen molar-refractivity contribution >= 4 is 0 Å². The Balaban J connectivity index is 2.96. The predicted octanol–water partition coefficient (Wildman–Crippen LogP) is 0.498. The molecular formula is C7H11N3. The Morgan fingerprint density at radius 2 is 1.90 bits per heavy atom. The second kappa shape index (κ2) is 3.27. The first-order chi connectivity index (χ1) is 4.88. The molecule has 3 heteroatoms. The van der Waals surface area contributed by atoms with Gasteiger partial charge < -0.3 is 5.73 Å². The summed E-state index contributed by atoms with van der Waals surface area (Å²) in [4.78, 5) is 0. The van der Waals surface area contributed by atoms with E-state index in [1.807, 2.05) is 0 Å². The lowest BCUT2D eigenvalue weighted by Crippen LogP contribution is -2.02. The van der Waals surface area contributed by atoms with E-state index in [0.29, 0.717) is 6.54 Å². The Morgan fingerprint density at radius 3 is 2.30 bits per heavy atom. The molecule has 0 saturated carbocycles. The zero-order valence-corrected chi connectivity index (χ0v) is 6.04. The van der Waals surface area contributed by atoms with Crippen molar-refractivity contribution in [1.82, 2.24) is 10.2 Å². The van der Waals surface area contributed by atoms with Crippen LogP contribution >= 0.6 is 0 Å². The molecule has 0 aliphatic carbocycles. The van der Waals surface area contributed by atoms with Gasteiger partial charge in [-0.1, -0.05) is 6.92 Å². The lowest BCUT2D eigenvalue weighted by Gasteiger charge is -2.00. The van der Waals surface area contributed by atoms with Crippen molar-refractivity contribution in [3.05, 3.63) is 23.5 Å². The van der Waals surface area contributed by atoms with Crippen LogP contribution in [0.1, 0.15) is 18.1 Å². The number of hydrogen-bond acceptors (Lipinski definition) is 3. The topological polar surface area (TPSA) is 51.8 Å². The number of nitrogens with zero attached hydrogens (tertiary/aromatic N) is 2. The van der Waals surface area contributed by atoms with E-state index in [1.165, 1.54) is 5.56 Å². The van der Waals surface area contributed by atoms with Gasteiger partial charge in [-0.3, -0.25) is 0 Å². The number of aromatic nitrogens is 2. The maximum absolute atomic E-state index is 5.46. The van der Waals surface area contributed by atoms with Gasteiger partial charge in [0.15, 0.2) is 0 Å². The minimum atomic E-state index is 0.554. The lowest BCUT2D eigenvalue weighted by molar-refractivity contribution is 0.914. The van der Waals surface area contributed by atoms with Crippen molar-refractivity contribution in [3.63, 3.8) is 0 Å². The van der Waals surface area contributed by atoms with Crippen LogP contribution in [0.2, 0.25) is 0 Å². The number of aryl methyl sites for hydroxylation is 1. The molecule has 2 N–H and O–H groups in total. The van der Waals surface area contributed by atoms with Crippen LogP contribution in [0.3, 0.4) is 0 Å². The molecule has 0 atom stereocenters. The second-order valence-electron chi connectivity index (χ2n) is 2.10. The number of nitrogens with two attached hydrogens (primary N) is 1. The van der Waals surface area contributed by atoms with Gasteiger partial charge in [0, 0.05) is 6.54 Å². The molecule has 1 rings (SSSR count). The van der Waals surface area contributed by atoms with Gasteiger partial charge in [-0.05, 0) is 17.5 Å². The van der Waals surface area contributed by atoms with E-state index >= 15 is 0 Å². The van der Waals surface area contributed by atoms with Gasteiger partial charge in [0.05, 0.1) is 12.4 Å². The van der Waals surface area contributed by atoms with E-state index in [4.69, 9.17) is 5.73 Å². The highest BCUT2D eigenvalue weighted by Crippen LogP contribution is 2.03. The Hall–Kier alpha value is -0.960. The first-order valence-electron chi connectivity index (χ1n) is 3.37. The van der Waals surface area contributed by atoms with E-state index in [-0.39, 0.29) is 0 Å². The SMILES string of the molecule is CCc1cnncc1CN. The summed E-state index contributed by atoms with van der Waals surface area (Å²) in [6.45, 7) is 2.63. The largest absolute Gasteiger partial charge is 0.326 e. The fourth-order valence-corrected chi connectivity index (χ4v) is 0.874. The number of rotatable bonds is 2. The minimum Gasteiger partial charge on any atom is -0.326 e. The predicted molar refractivity (Wildman–Crippen MR) is 39.3 cm³/mol. The molecule has 0 amide bonds. The summed E-state index contributed by atoms with van der Waals surface area (Å²) >= 11 is 0. The standard InChI is InChI=1S/C7H11N3/c1-2-6-4-9-10-5-7(6)3-8/h4-5H,2-3,8H2,1H3. The van der Waals surface area contributed by atoms with Crippen LogP contribution in [0.5, 0.6) is 0 Å². The van der Waals surface area contributed by atoms with Crippen molar-refractivity contribution in [1.29, 1.82) is 0 Å². The van der Waals surface area contributed by atoms with Crippen molar-refractivity contribution in [2.75, 3.05) is 0 Å². The molecule has 1 aromatic rings. The lowest BCUT2D eigenvalue weighted by atomic mass is 10.1. The normalized spacial score (nSPS) is 9.80. The fraction of sp³-hybridized carbons (Fsp3) is 0.429. The van der Waals surface area contributed by atoms with Crippen molar-refractivity contribution in [2.45, 2.75) is 19.9 Å². The second-order valence-corrected chi connectivity index (χ2v) is 2.10. The van der Waals surface area contributed by atoms with Crippen LogP contribution in [0.15, 0.2) is 12.4 Å². The summed E-state index contributed by atoms with van der Waals surface area (Å²) in [5, 5.41) is 7.49. The third-order valence-electron chi connectivity index (χ3n) is 1.51. The van der Waals surface area contributed by atoms with E-state index in [2.05, 4.69) is 17.1 Å². The van der Waals surface area contributed by atoms with Gasteiger partial charge >= 0.3 is 0 Å². The first kappa shape index (κ1) is 7.15. The van der Waals surface area contributed by atoms with Crippen molar-refractivity contribution in [2.24, 2.45) is 5.73 Å². The molecule has 0 spiro atoms. The molecule has 3 nitrogen and oxygen atoms in total. The molecule has 0 bridgehead atoms. The van der Waals surface area contributed by atoms with Crippen LogP contribution in [0.4, 0.5) is 0 Å². The van der Waals surface area contributed by atoms with Crippen LogP contribution in [0.25, 0.3) is 0 Å². The minimum absolute atomic E-state index is 0.554. The fourth-order valence-electron chi connectivity index (χ4n) is 0.874. The maximum atomic E-state index is 5.46. The summed E-state index contributed by atoms with van der Waals surface area (Å²) in [5.41, 5.74) is 7.75. The highest BCUT2D eigenvalue weighted by atomic mass is 15.1. The van der Waals surface area contributed by atoms with Crippen LogP contribution in [0, 0.1) is 0 Å².